The Labute approximate surface area is 104 Å². The fraction of sp³-hybridized carbons (Fsp3) is 0.0769. The first kappa shape index (κ1) is 10.6. The van der Waals surface area contributed by atoms with Crippen molar-refractivity contribution in [2.75, 3.05) is 12.8 Å². The fourth-order valence-electron chi connectivity index (χ4n) is 1.92. The first-order valence-corrected chi connectivity index (χ1v) is 5.52. The second-order valence-electron chi connectivity index (χ2n) is 3.96. The molecule has 0 fully saturated rings. The van der Waals surface area contributed by atoms with E-state index >= 15 is 0 Å². The number of nitrogen functional groups attached to an aromatic ring is 1. The van der Waals surface area contributed by atoms with Crippen molar-refractivity contribution in [2.24, 2.45) is 0 Å². The van der Waals surface area contributed by atoms with Crippen molar-refractivity contribution in [3.05, 3.63) is 36.5 Å². The molecular formula is C13H12N4O. The SMILES string of the molecule is COc1cc(-c2n[nH]c3ccc(N)cc23)ccn1. The van der Waals surface area contributed by atoms with E-state index in [1.54, 1.807) is 13.3 Å². The fourth-order valence-corrected chi connectivity index (χ4v) is 1.92. The van der Waals surface area contributed by atoms with Gasteiger partial charge in [0.2, 0.25) is 5.88 Å². The maximum absolute atomic E-state index is 5.81. The predicted molar refractivity (Wildman–Crippen MR) is 70.3 cm³/mol. The molecule has 2 aromatic heterocycles. The highest BCUT2D eigenvalue weighted by molar-refractivity contribution is 5.94. The van der Waals surface area contributed by atoms with E-state index < -0.39 is 0 Å². The third-order valence-corrected chi connectivity index (χ3v) is 2.80. The zero-order valence-corrected chi connectivity index (χ0v) is 9.84. The molecule has 2 heterocycles. The highest BCUT2D eigenvalue weighted by Gasteiger charge is 2.09. The Kier molecular flexibility index (Phi) is 2.37. The first-order valence-electron chi connectivity index (χ1n) is 5.52. The molecule has 3 rings (SSSR count). The number of nitrogens with two attached hydrogens (primary N) is 1. The highest BCUT2D eigenvalue weighted by atomic mass is 16.5. The molecule has 3 aromatic rings. The Morgan fingerprint density at radius 3 is 2.94 bits per heavy atom. The number of hydrogen-bond donors (Lipinski definition) is 2. The lowest BCUT2D eigenvalue weighted by Crippen LogP contribution is -1.88. The molecule has 0 saturated heterocycles. The van der Waals surface area contributed by atoms with Crippen LogP contribution in [0.2, 0.25) is 0 Å². The van der Waals surface area contributed by atoms with E-state index in [1.165, 1.54) is 0 Å². The topological polar surface area (TPSA) is 76.8 Å². The molecular weight excluding hydrogens is 228 g/mol. The van der Waals surface area contributed by atoms with Gasteiger partial charge in [-0.2, -0.15) is 5.10 Å². The Bertz CT molecular complexity index is 705. The minimum absolute atomic E-state index is 0.563. The number of aromatic amines is 1. The van der Waals surface area contributed by atoms with Gasteiger partial charge in [-0.3, -0.25) is 5.10 Å². The first-order chi connectivity index (χ1) is 8.78. The van der Waals surface area contributed by atoms with Crippen LogP contribution < -0.4 is 10.5 Å². The third kappa shape index (κ3) is 1.66. The molecule has 90 valence electrons. The van der Waals surface area contributed by atoms with Gasteiger partial charge in [0.05, 0.1) is 12.6 Å². The zero-order valence-electron chi connectivity index (χ0n) is 9.84. The number of rotatable bonds is 2. The normalized spacial score (nSPS) is 10.7. The van der Waals surface area contributed by atoms with Crippen LogP contribution in [0.4, 0.5) is 5.69 Å². The third-order valence-electron chi connectivity index (χ3n) is 2.80. The summed E-state index contributed by atoms with van der Waals surface area (Å²) < 4.78 is 5.11. The average molecular weight is 240 g/mol. The monoisotopic (exact) mass is 240 g/mol. The maximum Gasteiger partial charge on any atom is 0.213 e. The van der Waals surface area contributed by atoms with Crippen LogP contribution in [0.3, 0.4) is 0 Å². The number of benzene rings is 1. The molecule has 0 bridgehead atoms. The van der Waals surface area contributed by atoms with E-state index in [2.05, 4.69) is 15.2 Å². The number of methoxy groups -OCH3 is 1. The van der Waals surface area contributed by atoms with Gasteiger partial charge >= 0.3 is 0 Å². The minimum Gasteiger partial charge on any atom is -0.481 e. The van der Waals surface area contributed by atoms with E-state index in [-0.39, 0.29) is 0 Å². The molecule has 0 aliphatic carbocycles. The van der Waals surface area contributed by atoms with Crippen molar-refractivity contribution in [3.63, 3.8) is 0 Å². The van der Waals surface area contributed by atoms with Crippen LogP contribution in [0.5, 0.6) is 5.88 Å². The molecule has 0 atom stereocenters. The van der Waals surface area contributed by atoms with Gasteiger partial charge in [-0.15, -0.1) is 0 Å². The van der Waals surface area contributed by atoms with Gasteiger partial charge in [-0.1, -0.05) is 0 Å². The molecule has 5 heteroatoms. The molecule has 0 aliphatic heterocycles. The Morgan fingerprint density at radius 2 is 2.11 bits per heavy atom. The number of anilines is 1. The second kappa shape index (κ2) is 4.03. The van der Waals surface area contributed by atoms with Crippen molar-refractivity contribution < 1.29 is 4.74 Å². The highest BCUT2D eigenvalue weighted by Crippen LogP contribution is 2.28. The zero-order chi connectivity index (χ0) is 12.5. The van der Waals surface area contributed by atoms with E-state index in [1.807, 2.05) is 30.3 Å². The lowest BCUT2D eigenvalue weighted by atomic mass is 10.1. The standard InChI is InChI=1S/C13H12N4O/c1-18-12-6-8(4-5-15-12)13-10-7-9(14)2-3-11(10)16-17-13/h2-7H,14H2,1H3,(H,16,17). The minimum atomic E-state index is 0.563. The molecule has 0 radical (unpaired) electrons. The van der Waals surface area contributed by atoms with Crippen molar-refractivity contribution in [1.82, 2.24) is 15.2 Å². The molecule has 0 aliphatic rings. The summed E-state index contributed by atoms with van der Waals surface area (Å²) in [7, 11) is 1.59. The smallest absolute Gasteiger partial charge is 0.213 e. The van der Waals surface area contributed by atoms with Gasteiger partial charge < -0.3 is 10.5 Å². The molecule has 0 saturated carbocycles. The summed E-state index contributed by atoms with van der Waals surface area (Å²) in [6, 6.07) is 9.40. The number of H-pyrrole nitrogens is 1. The van der Waals surface area contributed by atoms with E-state index in [0.29, 0.717) is 11.6 Å². The average Bonchev–Trinajstić information content (AvgIpc) is 2.81. The van der Waals surface area contributed by atoms with Gasteiger partial charge in [0.25, 0.3) is 0 Å². The van der Waals surface area contributed by atoms with Crippen LogP contribution >= 0.6 is 0 Å². The summed E-state index contributed by atoms with van der Waals surface area (Å²) in [5.41, 5.74) is 9.26. The maximum atomic E-state index is 5.81. The van der Waals surface area contributed by atoms with Gasteiger partial charge in [-0.05, 0) is 24.3 Å². The van der Waals surface area contributed by atoms with Crippen LogP contribution in [0, 0.1) is 0 Å². The molecule has 0 unspecified atom stereocenters. The second-order valence-corrected chi connectivity index (χ2v) is 3.96. The van der Waals surface area contributed by atoms with Crippen LogP contribution in [-0.4, -0.2) is 22.3 Å². The Morgan fingerprint density at radius 1 is 1.22 bits per heavy atom. The summed E-state index contributed by atoms with van der Waals surface area (Å²) in [5.74, 6) is 0.563. The number of hydrogen-bond acceptors (Lipinski definition) is 4. The van der Waals surface area contributed by atoms with Crippen molar-refractivity contribution in [2.45, 2.75) is 0 Å². The Hall–Kier alpha value is -2.56. The molecule has 0 spiro atoms. The molecule has 5 nitrogen and oxygen atoms in total. The number of nitrogens with one attached hydrogen (secondary N) is 1. The number of fused-ring (bicyclic) bond motifs is 1. The van der Waals surface area contributed by atoms with Crippen molar-refractivity contribution in [3.8, 4) is 17.1 Å². The Balaban J connectivity index is 2.21. The quantitative estimate of drug-likeness (QED) is 0.673. The molecule has 18 heavy (non-hydrogen) atoms. The van der Waals surface area contributed by atoms with Gasteiger partial charge in [0.15, 0.2) is 0 Å². The molecule has 1 aromatic carbocycles. The summed E-state index contributed by atoms with van der Waals surface area (Å²) in [6.07, 6.45) is 1.70. The van der Waals surface area contributed by atoms with E-state index in [4.69, 9.17) is 10.5 Å². The summed E-state index contributed by atoms with van der Waals surface area (Å²) in [6.45, 7) is 0. The molecule has 0 amide bonds. The van der Waals surface area contributed by atoms with E-state index in [9.17, 15) is 0 Å². The van der Waals surface area contributed by atoms with Crippen LogP contribution in [0.15, 0.2) is 36.5 Å². The lowest BCUT2D eigenvalue weighted by molar-refractivity contribution is 0.398. The number of pyridine rings is 1. The van der Waals surface area contributed by atoms with Crippen LogP contribution in [0.1, 0.15) is 0 Å². The van der Waals surface area contributed by atoms with Crippen LogP contribution in [-0.2, 0) is 0 Å². The van der Waals surface area contributed by atoms with Crippen LogP contribution in [0.25, 0.3) is 22.2 Å². The summed E-state index contributed by atoms with van der Waals surface area (Å²) in [4.78, 5) is 4.08. The van der Waals surface area contributed by atoms with Crippen molar-refractivity contribution in [1.29, 1.82) is 0 Å². The lowest BCUT2D eigenvalue weighted by Gasteiger charge is -2.01. The van der Waals surface area contributed by atoms with Gasteiger partial charge in [0, 0.05) is 28.9 Å². The summed E-state index contributed by atoms with van der Waals surface area (Å²) in [5, 5.41) is 8.29. The summed E-state index contributed by atoms with van der Waals surface area (Å²) >= 11 is 0. The number of nitrogens with zero attached hydrogens (tertiary/aromatic N) is 2. The van der Waals surface area contributed by atoms with E-state index in [0.717, 1.165) is 22.2 Å². The number of aromatic nitrogens is 3. The van der Waals surface area contributed by atoms with Gasteiger partial charge in [-0.25, -0.2) is 4.98 Å². The van der Waals surface area contributed by atoms with Crippen molar-refractivity contribution >= 4 is 16.6 Å². The predicted octanol–water partition coefficient (Wildman–Crippen LogP) is 2.22. The largest absolute Gasteiger partial charge is 0.481 e. The number of ether oxygens (including phenoxy) is 1. The van der Waals surface area contributed by atoms with Gasteiger partial charge in [0.1, 0.15) is 5.69 Å². The molecule has 3 N–H and O–H groups in total.